The Morgan fingerprint density at radius 3 is 2.42 bits per heavy atom. The molecule has 2 N–H and O–H groups in total. The summed E-state index contributed by atoms with van der Waals surface area (Å²) in [5.41, 5.74) is 4.03. The molecule has 0 bridgehead atoms. The number of piperazine rings is 1. The minimum atomic E-state index is 0.0896. The van der Waals surface area contributed by atoms with Gasteiger partial charge in [-0.15, -0.1) is 10.2 Å². The lowest BCUT2D eigenvalue weighted by Gasteiger charge is -2.35. The maximum absolute atomic E-state index is 10.6. The van der Waals surface area contributed by atoms with Crippen molar-refractivity contribution in [1.29, 1.82) is 0 Å². The molecule has 0 spiro atoms. The Morgan fingerprint density at radius 1 is 0.935 bits per heavy atom. The van der Waals surface area contributed by atoms with Gasteiger partial charge < -0.3 is 15.3 Å². The SMILES string of the molecule is C[C@@H]1CN(c2ncc(-c3ccc(-c4cc5nn(C)nc5cn4)cc3O)nn2)C[C@H](C)N1. The van der Waals surface area contributed by atoms with Crippen molar-refractivity contribution in [3.8, 4) is 28.3 Å². The largest absolute Gasteiger partial charge is 0.507 e. The van der Waals surface area contributed by atoms with Crippen molar-refractivity contribution >= 4 is 17.0 Å². The number of aryl methyl sites for hydroxylation is 1. The van der Waals surface area contributed by atoms with E-state index in [9.17, 15) is 5.11 Å². The van der Waals surface area contributed by atoms with Gasteiger partial charge in [0.15, 0.2) is 0 Å². The van der Waals surface area contributed by atoms with Crippen LogP contribution in [-0.4, -0.2) is 65.4 Å². The van der Waals surface area contributed by atoms with Crippen LogP contribution >= 0.6 is 0 Å². The monoisotopic (exact) mass is 417 g/mol. The molecule has 0 aliphatic carbocycles. The summed E-state index contributed by atoms with van der Waals surface area (Å²) in [6, 6.07) is 7.91. The zero-order chi connectivity index (χ0) is 21.5. The van der Waals surface area contributed by atoms with Crippen LogP contribution in [0.2, 0.25) is 0 Å². The van der Waals surface area contributed by atoms with Gasteiger partial charge >= 0.3 is 0 Å². The second-order valence-corrected chi connectivity index (χ2v) is 8.00. The normalized spacial score (nSPS) is 19.1. The van der Waals surface area contributed by atoms with E-state index in [0.717, 1.165) is 29.7 Å². The maximum Gasteiger partial charge on any atom is 0.245 e. The van der Waals surface area contributed by atoms with E-state index in [2.05, 4.69) is 54.4 Å². The van der Waals surface area contributed by atoms with E-state index >= 15 is 0 Å². The van der Waals surface area contributed by atoms with Crippen LogP contribution in [0.3, 0.4) is 0 Å². The number of phenolic OH excluding ortho intramolecular Hbond substituents is 1. The number of phenols is 1. The Balaban J connectivity index is 1.40. The molecule has 1 saturated heterocycles. The van der Waals surface area contributed by atoms with Crippen molar-refractivity contribution in [2.45, 2.75) is 25.9 Å². The molecule has 10 nitrogen and oxygen atoms in total. The van der Waals surface area contributed by atoms with Gasteiger partial charge in [0, 0.05) is 43.3 Å². The summed E-state index contributed by atoms with van der Waals surface area (Å²) < 4.78 is 0. The number of aromatic hydroxyl groups is 1. The van der Waals surface area contributed by atoms with Crippen LogP contribution in [0.25, 0.3) is 33.5 Å². The second kappa shape index (κ2) is 7.55. The molecule has 1 aromatic carbocycles. The fourth-order valence-electron chi connectivity index (χ4n) is 4.02. The van der Waals surface area contributed by atoms with E-state index in [1.165, 1.54) is 4.80 Å². The fraction of sp³-hybridized carbons (Fsp3) is 0.333. The van der Waals surface area contributed by atoms with Gasteiger partial charge in [-0.05, 0) is 32.0 Å². The molecule has 4 heterocycles. The molecule has 158 valence electrons. The molecule has 3 aromatic heterocycles. The highest BCUT2D eigenvalue weighted by Crippen LogP contribution is 2.32. The van der Waals surface area contributed by atoms with E-state index in [1.54, 1.807) is 31.6 Å². The standard InChI is InChI=1S/C21H23N9O/c1-12-10-30(11-13(2)24-12)21-23-8-18(25-26-21)15-5-4-14(6-20(15)31)16-7-17-19(9-22-16)28-29(3)27-17/h4-9,12-13,24,31H,10-11H2,1-3H3/t12-,13+. The lowest BCUT2D eigenvalue weighted by atomic mass is 10.1. The minimum Gasteiger partial charge on any atom is -0.507 e. The van der Waals surface area contributed by atoms with Gasteiger partial charge in [-0.2, -0.15) is 15.0 Å². The smallest absolute Gasteiger partial charge is 0.245 e. The quantitative estimate of drug-likeness (QED) is 0.514. The first-order valence-electron chi connectivity index (χ1n) is 10.2. The Bertz CT molecular complexity index is 1230. The van der Waals surface area contributed by atoms with Crippen molar-refractivity contribution in [2.24, 2.45) is 7.05 Å². The van der Waals surface area contributed by atoms with Crippen LogP contribution < -0.4 is 10.2 Å². The number of hydrogen-bond donors (Lipinski definition) is 2. The van der Waals surface area contributed by atoms with Crippen molar-refractivity contribution < 1.29 is 5.11 Å². The average molecular weight is 417 g/mol. The molecule has 5 rings (SSSR count). The Kier molecular flexibility index (Phi) is 4.70. The fourth-order valence-corrected chi connectivity index (χ4v) is 4.02. The van der Waals surface area contributed by atoms with E-state index in [1.807, 2.05) is 12.1 Å². The van der Waals surface area contributed by atoms with E-state index in [4.69, 9.17) is 0 Å². The van der Waals surface area contributed by atoms with Gasteiger partial charge in [0.05, 0.1) is 18.1 Å². The number of fused-ring (bicyclic) bond motifs is 1. The molecular formula is C21H23N9O. The van der Waals surface area contributed by atoms with Crippen LogP contribution in [0.15, 0.2) is 36.7 Å². The van der Waals surface area contributed by atoms with Crippen LogP contribution in [0.4, 0.5) is 5.95 Å². The molecule has 4 aromatic rings. The average Bonchev–Trinajstić information content (AvgIpc) is 3.12. The van der Waals surface area contributed by atoms with E-state index < -0.39 is 0 Å². The van der Waals surface area contributed by atoms with Crippen LogP contribution in [0.1, 0.15) is 13.8 Å². The highest BCUT2D eigenvalue weighted by molar-refractivity contribution is 5.79. The highest BCUT2D eigenvalue weighted by atomic mass is 16.3. The molecule has 1 aliphatic heterocycles. The van der Waals surface area contributed by atoms with Gasteiger partial charge in [0.2, 0.25) is 5.95 Å². The number of nitrogens with zero attached hydrogens (tertiary/aromatic N) is 8. The number of hydrogen-bond acceptors (Lipinski definition) is 9. The summed E-state index contributed by atoms with van der Waals surface area (Å²) in [4.78, 5) is 12.6. The Labute approximate surface area is 179 Å². The summed E-state index contributed by atoms with van der Waals surface area (Å²) in [6.07, 6.45) is 3.33. The van der Waals surface area contributed by atoms with Crippen molar-refractivity contribution in [3.05, 3.63) is 36.7 Å². The minimum absolute atomic E-state index is 0.0896. The van der Waals surface area contributed by atoms with Gasteiger partial charge in [-0.1, -0.05) is 6.07 Å². The lowest BCUT2D eigenvalue weighted by molar-refractivity contribution is 0.402. The first kappa shape index (κ1) is 19.3. The van der Waals surface area contributed by atoms with Gasteiger partial charge in [0.1, 0.15) is 22.5 Å². The number of benzene rings is 1. The lowest BCUT2D eigenvalue weighted by Crippen LogP contribution is -2.54. The second-order valence-electron chi connectivity index (χ2n) is 8.00. The third-order valence-corrected chi connectivity index (χ3v) is 5.33. The summed E-state index contributed by atoms with van der Waals surface area (Å²) in [5, 5.41) is 31.3. The third-order valence-electron chi connectivity index (χ3n) is 5.33. The predicted molar refractivity (Wildman–Crippen MR) is 116 cm³/mol. The summed E-state index contributed by atoms with van der Waals surface area (Å²) in [6.45, 7) is 5.94. The zero-order valence-electron chi connectivity index (χ0n) is 17.6. The number of rotatable bonds is 3. The first-order valence-corrected chi connectivity index (χ1v) is 10.2. The number of pyridine rings is 1. The molecule has 0 radical (unpaired) electrons. The molecule has 1 fully saturated rings. The van der Waals surface area contributed by atoms with Gasteiger partial charge in [0.25, 0.3) is 0 Å². The van der Waals surface area contributed by atoms with Crippen LogP contribution in [-0.2, 0) is 7.05 Å². The molecule has 0 saturated carbocycles. The first-order chi connectivity index (χ1) is 15.0. The Morgan fingerprint density at radius 2 is 1.71 bits per heavy atom. The molecular weight excluding hydrogens is 394 g/mol. The predicted octanol–water partition coefficient (Wildman–Crippen LogP) is 1.77. The molecule has 10 heteroatoms. The number of aromatic nitrogens is 7. The Hall–Kier alpha value is -3.66. The molecule has 1 aliphatic rings. The van der Waals surface area contributed by atoms with Gasteiger partial charge in [-0.3, -0.25) is 4.98 Å². The van der Waals surface area contributed by atoms with Crippen molar-refractivity contribution in [2.75, 3.05) is 18.0 Å². The maximum atomic E-state index is 10.6. The van der Waals surface area contributed by atoms with Crippen LogP contribution in [0.5, 0.6) is 5.75 Å². The van der Waals surface area contributed by atoms with E-state index in [0.29, 0.717) is 35.0 Å². The topological polar surface area (TPSA) is 118 Å². The molecule has 31 heavy (non-hydrogen) atoms. The molecule has 2 atom stereocenters. The van der Waals surface area contributed by atoms with Crippen LogP contribution in [0, 0.1) is 0 Å². The van der Waals surface area contributed by atoms with Gasteiger partial charge in [-0.25, -0.2) is 4.98 Å². The summed E-state index contributed by atoms with van der Waals surface area (Å²) >= 11 is 0. The molecule has 0 amide bonds. The van der Waals surface area contributed by atoms with Crippen molar-refractivity contribution in [3.63, 3.8) is 0 Å². The third kappa shape index (κ3) is 3.77. The van der Waals surface area contributed by atoms with Crippen molar-refractivity contribution in [1.82, 2.24) is 40.5 Å². The number of nitrogens with one attached hydrogen (secondary N) is 1. The number of anilines is 1. The summed E-state index contributed by atoms with van der Waals surface area (Å²) in [5.74, 6) is 0.688. The van der Waals surface area contributed by atoms with E-state index in [-0.39, 0.29) is 5.75 Å². The molecule has 0 unspecified atom stereocenters. The highest BCUT2D eigenvalue weighted by Gasteiger charge is 2.23. The zero-order valence-corrected chi connectivity index (χ0v) is 17.6. The summed E-state index contributed by atoms with van der Waals surface area (Å²) in [7, 11) is 1.77.